The Morgan fingerprint density at radius 1 is 1.42 bits per heavy atom. The molecule has 2 rings (SSSR count). The molecule has 1 unspecified atom stereocenters. The molecule has 0 aromatic heterocycles. The average Bonchev–Trinajstić information content (AvgIpc) is 2.43. The van der Waals surface area contributed by atoms with Gasteiger partial charge in [0, 0.05) is 12.2 Å². The molecule has 0 bridgehead atoms. The number of anilines is 1. The molecule has 0 fully saturated rings. The number of fused-ring (bicyclic) bond motifs is 1. The summed E-state index contributed by atoms with van der Waals surface area (Å²) in [4.78, 5) is 22.5. The monoisotopic (exact) mass is 264 g/mol. The Morgan fingerprint density at radius 2 is 2.16 bits per heavy atom. The van der Waals surface area contributed by atoms with E-state index < -0.39 is 12.1 Å². The molecule has 1 aromatic rings. The number of benzene rings is 1. The molecule has 0 spiro atoms. The highest BCUT2D eigenvalue weighted by Crippen LogP contribution is 2.31. The van der Waals surface area contributed by atoms with E-state index in [1.54, 1.807) is 0 Å². The molecule has 6 heteroatoms. The number of amides is 1. The standard InChI is InChI=1S/C13H16N2O4/c16-11(13(18)19)7-15-12(17)9-5-6-14-10-4-2-1-3-8(9)10/h1-4,9,11,14,16H,5-7H2,(H,15,17)(H,18,19)/t9?,11-/m0/s1. The third kappa shape index (κ3) is 3.03. The van der Waals surface area contributed by atoms with Gasteiger partial charge < -0.3 is 20.8 Å². The first-order valence-corrected chi connectivity index (χ1v) is 6.11. The van der Waals surface area contributed by atoms with Crippen LogP contribution in [0, 0.1) is 0 Å². The van der Waals surface area contributed by atoms with E-state index in [9.17, 15) is 9.59 Å². The summed E-state index contributed by atoms with van der Waals surface area (Å²) in [5.74, 6) is -1.90. The molecule has 1 amide bonds. The highest BCUT2D eigenvalue weighted by Gasteiger charge is 2.26. The fourth-order valence-corrected chi connectivity index (χ4v) is 2.15. The summed E-state index contributed by atoms with van der Waals surface area (Å²) in [6, 6.07) is 7.53. The van der Waals surface area contributed by atoms with Crippen LogP contribution in [0.5, 0.6) is 0 Å². The predicted octanol–water partition coefficient (Wildman–Crippen LogP) is 0.148. The first kappa shape index (κ1) is 13.4. The number of carboxylic acids is 1. The molecule has 1 aliphatic rings. The largest absolute Gasteiger partial charge is 0.479 e. The van der Waals surface area contributed by atoms with Gasteiger partial charge in [-0.05, 0) is 18.1 Å². The van der Waals surface area contributed by atoms with Gasteiger partial charge in [-0.3, -0.25) is 4.79 Å². The van der Waals surface area contributed by atoms with Gasteiger partial charge in [-0.2, -0.15) is 0 Å². The lowest BCUT2D eigenvalue weighted by Gasteiger charge is -2.26. The quantitative estimate of drug-likeness (QED) is 0.620. The van der Waals surface area contributed by atoms with E-state index in [2.05, 4.69) is 10.6 Å². The first-order valence-electron chi connectivity index (χ1n) is 6.11. The number of hydrogen-bond donors (Lipinski definition) is 4. The van der Waals surface area contributed by atoms with Crippen LogP contribution in [-0.4, -0.2) is 41.3 Å². The van der Waals surface area contributed by atoms with Gasteiger partial charge in [0.15, 0.2) is 6.10 Å². The fourth-order valence-electron chi connectivity index (χ4n) is 2.15. The summed E-state index contributed by atoms with van der Waals surface area (Å²) in [6.45, 7) is 0.414. The first-order chi connectivity index (χ1) is 9.09. The molecule has 6 nitrogen and oxygen atoms in total. The molecule has 102 valence electrons. The van der Waals surface area contributed by atoms with Crippen LogP contribution in [-0.2, 0) is 9.59 Å². The van der Waals surface area contributed by atoms with Gasteiger partial charge in [-0.15, -0.1) is 0 Å². The number of aliphatic hydroxyl groups excluding tert-OH is 1. The van der Waals surface area contributed by atoms with Crippen molar-refractivity contribution < 1.29 is 19.8 Å². The second-order valence-electron chi connectivity index (χ2n) is 4.45. The Balaban J connectivity index is 2.03. The lowest BCUT2D eigenvalue weighted by atomic mass is 9.90. The van der Waals surface area contributed by atoms with E-state index >= 15 is 0 Å². The number of aliphatic carboxylic acids is 1. The van der Waals surface area contributed by atoms with E-state index in [4.69, 9.17) is 10.2 Å². The number of carbonyl (C=O) groups excluding carboxylic acids is 1. The van der Waals surface area contributed by atoms with Gasteiger partial charge in [0.1, 0.15) is 0 Å². The van der Waals surface area contributed by atoms with Crippen LogP contribution in [0.2, 0.25) is 0 Å². The third-order valence-electron chi connectivity index (χ3n) is 3.16. The van der Waals surface area contributed by atoms with Crippen LogP contribution < -0.4 is 10.6 Å². The van der Waals surface area contributed by atoms with Crippen molar-refractivity contribution in [1.29, 1.82) is 0 Å². The lowest BCUT2D eigenvalue weighted by Crippen LogP contribution is -2.40. The molecular weight excluding hydrogens is 248 g/mol. The summed E-state index contributed by atoms with van der Waals surface area (Å²) < 4.78 is 0. The minimum atomic E-state index is -1.57. The fraction of sp³-hybridized carbons (Fsp3) is 0.385. The summed E-state index contributed by atoms with van der Waals surface area (Å²) in [5, 5.41) is 23.4. The van der Waals surface area contributed by atoms with Crippen LogP contribution in [0.4, 0.5) is 5.69 Å². The zero-order chi connectivity index (χ0) is 13.8. The average molecular weight is 264 g/mol. The summed E-state index contributed by atoms with van der Waals surface area (Å²) in [7, 11) is 0. The van der Waals surface area contributed by atoms with E-state index in [1.165, 1.54) is 0 Å². The molecule has 0 radical (unpaired) electrons. The molecule has 19 heavy (non-hydrogen) atoms. The maximum absolute atomic E-state index is 12.0. The molecular formula is C13H16N2O4. The topological polar surface area (TPSA) is 98.7 Å². The lowest BCUT2D eigenvalue weighted by molar-refractivity contribution is -0.146. The van der Waals surface area contributed by atoms with Gasteiger partial charge in [-0.1, -0.05) is 18.2 Å². The number of nitrogens with one attached hydrogen (secondary N) is 2. The van der Waals surface area contributed by atoms with Crippen molar-refractivity contribution in [3.8, 4) is 0 Å². The van der Waals surface area contributed by atoms with E-state index in [1.807, 2.05) is 24.3 Å². The summed E-state index contributed by atoms with van der Waals surface area (Å²) in [5.41, 5.74) is 1.82. The molecule has 1 aliphatic heterocycles. The highest BCUT2D eigenvalue weighted by atomic mass is 16.4. The van der Waals surface area contributed by atoms with E-state index in [-0.39, 0.29) is 18.4 Å². The highest BCUT2D eigenvalue weighted by molar-refractivity contribution is 5.86. The molecule has 1 heterocycles. The van der Waals surface area contributed by atoms with Crippen LogP contribution in [0.3, 0.4) is 0 Å². The number of aliphatic hydroxyl groups is 1. The molecule has 2 atom stereocenters. The predicted molar refractivity (Wildman–Crippen MR) is 68.9 cm³/mol. The third-order valence-corrected chi connectivity index (χ3v) is 3.16. The smallest absolute Gasteiger partial charge is 0.334 e. The molecule has 0 saturated heterocycles. The van der Waals surface area contributed by atoms with Crippen molar-refractivity contribution >= 4 is 17.6 Å². The maximum atomic E-state index is 12.0. The second kappa shape index (κ2) is 5.71. The zero-order valence-corrected chi connectivity index (χ0v) is 10.3. The Kier molecular flexibility index (Phi) is 4.01. The van der Waals surface area contributed by atoms with Gasteiger partial charge in [0.2, 0.25) is 5.91 Å². The van der Waals surface area contributed by atoms with Crippen molar-refractivity contribution in [3.63, 3.8) is 0 Å². The van der Waals surface area contributed by atoms with Crippen molar-refractivity contribution in [2.24, 2.45) is 0 Å². The van der Waals surface area contributed by atoms with Crippen molar-refractivity contribution in [2.75, 3.05) is 18.4 Å². The number of hydrogen-bond acceptors (Lipinski definition) is 4. The van der Waals surface area contributed by atoms with Crippen LogP contribution >= 0.6 is 0 Å². The van der Waals surface area contributed by atoms with Gasteiger partial charge >= 0.3 is 5.97 Å². The summed E-state index contributed by atoms with van der Waals surface area (Å²) in [6.07, 6.45) is -0.924. The summed E-state index contributed by atoms with van der Waals surface area (Å²) >= 11 is 0. The number of carboxylic acid groups (broad SMARTS) is 1. The van der Waals surface area contributed by atoms with E-state index in [0.717, 1.165) is 11.3 Å². The van der Waals surface area contributed by atoms with Gasteiger partial charge in [0.05, 0.1) is 12.5 Å². The minimum Gasteiger partial charge on any atom is -0.479 e. The Bertz CT molecular complexity index is 489. The number of rotatable bonds is 4. The number of para-hydroxylation sites is 1. The normalized spacial score (nSPS) is 18.9. The molecule has 1 aromatic carbocycles. The maximum Gasteiger partial charge on any atom is 0.334 e. The van der Waals surface area contributed by atoms with Crippen molar-refractivity contribution in [2.45, 2.75) is 18.4 Å². The minimum absolute atomic E-state index is 0.255. The Morgan fingerprint density at radius 3 is 2.89 bits per heavy atom. The molecule has 0 saturated carbocycles. The second-order valence-corrected chi connectivity index (χ2v) is 4.45. The van der Waals surface area contributed by atoms with Gasteiger partial charge in [-0.25, -0.2) is 4.79 Å². The zero-order valence-electron chi connectivity index (χ0n) is 10.3. The van der Waals surface area contributed by atoms with Crippen molar-refractivity contribution in [3.05, 3.63) is 29.8 Å². The molecule has 0 aliphatic carbocycles. The number of carbonyl (C=O) groups is 2. The Hall–Kier alpha value is -2.08. The molecule has 4 N–H and O–H groups in total. The van der Waals surface area contributed by atoms with Crippen LogP contribution in [0.1, 0.15) is 17.9 Å². The SMILES string of the molecule is O=C(NC[C@H](O)C(=O)O)C1CCNc2ccccc21. The Labute approximate surface area is 110 Å². The van der Waals surface area contributed by atoms with Crippen molar-refractivity contribution in [1.82, 2.24) is 5.32 Å². The van der Waals surface area contributed by atoms with Crippen LogP contribution in [0.25, 0.3) is 0 Å². The van der Waals surface area contributed by atoms with E-state index in [0.29, 0.717) is 13.0 Å². The van der Waals surface area contributed by atoms with Gasteiger partial charge in [0.25, 0.3) is 0 Å². The van der Waals surface area contributed by atoms with Crippen LogP contribution in [0.15, 0.2) is 24.3 Å².